The second-order valence-electron chi connectivity index (χ2n) is 8.50. The molecule has 2 heterocycles. The second-order valence-corrected chi connectivity index (χ2v) is 8.50. The number of para-hydroxylation sites is 2. The van der Waals surface area contributed by atoms with Gasteiger partial charge in [0.25, 0.3) is 0 Å². The normalized spacial score (nSPS) is 20.2. The molecule has 152 valence electrons. The molecule has 0 aliphatic heterocycles. The van der Waals surface area contributed by atoms with Gasteiger partial charge in [0.1, 0.15) is 0 Å². The number of aryl methyl sites for hydroxylation is 2. The highest BCUT2D eigenvalue weighted by molar-refractivity contribution is 5.99. The molecule has 2 atom stereocenters. The average molecular weight is 397 g/mol. The van der Waals surface area contributed by atoms with E-state index in [9.17, 15) is 0 Å². The van der Waals surface area contributed by atoms with Crippen molar-refractivity contribution in [3.05, 3.63) is 71.0 Å². The lowest BCUT2D eigenvalue weighted by atomic mass is 9.91. The minimum absolute atomic E-state index is 0.242. The summed E-state index contributed by atoms with van der Waals surface area (Å²) in [6.07, 6.45) is 8.75. The molecule has 1 aliphatic carbocycles. The predicted molar refractivity (Wildman–Crippen MR) is 127 cm³/mol. The number of aliphatic imine (C=N–C) groups is 2. The van der Waals surface area contributed by atoms with Gasteiger partial charge in [-0.05, 0) is 38.8 Å². The number of nitrogens with zero attached hydrogens (tertiary/aromatic N) is 2. The molecule has 0 spiro atoms. The first-order valence-electron chi connectivity index (χ1n) is 10.9. The van der Waals surface area contributed by atoms with Crippen LogP contribution in [-0.2, 0) is 0 Å². The second kappa shape index (κ2) is 7.94. The third-order valence-corrected chi connectivity index (χ3v) is 6.15. The molecule has 0 unspecified atom stereocenters. The van der Waals surface area contributed by atoms with Crippen molar-refractivity contribution in [1.82, 2.24) is 9.97 Å². The van der Waals surface area contributed by atoms with Crippen LogP contribution in [0.1, 0.15) is 48.2 Å². The Balaban J connectivity index is 1.40. The smallest absolute Gasteiger partial charge is 0.0723 e. The van der Waals surface area contributed by atoms with Crippen LogP contribution in [0.15, 0.2) is 58.5 Å². The molecule has 4 nitrogen and oxygen atoms in total. The fraction of sp³-hybridized carbons (Fsp3) is 0.308. The van der Waals surface area contributed by atoms with Gasteiger partial charge in [0, 0.05) is 45.7 Å². The Labute approximate surface area is 177 Å². The van der Waals surface area contributed by atoms with Crippen molar-refractivity contribution < 1.29 is 0 Å². The number of aromatic nitrogens is 2. The zero-order valence-electron chi connectivity index (χ0n) is 17.7. The number of hydrogen-bond donors (Lipinski definition) is 2. The lowest BCUT2D eigenvalue weighted by molar-refractivity contribution is 0.390. The van der Waals surface area contributed by atoms with Gasteiger partial charge in [-0.15, -0.1) is 0 Å². The van der Waals surface area contributed by atoms with E-state index in [1.165, 1.54) is 46.0 Å². The molecule has 5 rings (SSSR count). The van der Waals surface area contributed by atoms with E-state index >= 15 is 0 Å². The maximum Gasteiger partial charge on any atom is 0.0723 e. The summed E-state index contributed by atoms with van der Waals surface area (Å²) < 4.78 is 0. The van der Waals surface area contributed by atoms with Gasteiger partial charge in [0.05, 0.1) is 23.1 Å². The summed E-state index contributed by atoms with van der Waals surface area (Å²) in [7, 11) is 0. The van der Waals surface area contributed by atoms with E-state index in [1.54, 1.807) is 0 Å². The first-order valence-corrected chi connectivity index (χ1v) is 10.9. The molecular formula is C26H28N4. The van der Waals surface area contributed by atoms with Crippen LogP contribution in [0, 0.1) is 13.8 Å². The molecule has 1 fully saturated rings. The van der Waals surface area contributed by atoms with Crippen molar-refractivity contribution in [2.24, 2.45) is 9.98 Å². The molecule has 2 aromatic carbocycles. The number of benzene rings is 2. The highest BCUT2D eigenvalue weighted by atomic mass is 14.9. The quantitative estimate of drug-likeness (QED) is 0.391. The molecule has 2 N–H and O–H groups in total. The largest absolute Gasteiger partial charge is 0.358 e. The Morgan fingerprint density at radius 2 is 1.20 bits per heavy atom. The topological polar surface area (TPSA) is 56.3 Å². The van der Waals surface area contributed by atoms with E-state index in [4.69, 9.17) is 9.98 Å². The fourth-order valence-corrected chi connectivity index (χ4v) is 4.65. The summed E-state index contributed by atoms with van der Waals surface area (Å²) in [5.74, 6) is 0. The van der Waals surface area contributed by atoms with Gasteiger partial charge in [-0.3, -0.25) is 9.98 Å². The number of nitrogens with one attached hydrogen (secondary N) is 2. The van der Waals surface area contributed by atoms with E-state index in [0.29, 0.717) is 0 Å². The van der Waals surface area contributed by atoms with Gasteiger partial charge >= 0.3 is 0 Å². The summed E-state index contributed by atoms with van der Waals surface area (Å²) in [5.41, 5.74) is 7.01. The maximum absolute atomic E-state index is 5.01. The molecular weight excluding hydrogens is 368 g/mol. The van der Waals surface area contributed by atoms with Crippen LogP contribution in [0.5, 0.6) is 0 Å². The van der Waals surface area contributed by atoms with Gasteiger partial charge in [-0.2, -0.15) is 0 Å². The highest BCUT2D eigenvalue weighted by Crippen LogP contribution is 2.25. The molecule has 0 bridgehead atoms. The van der Waals surface area contributed by atoms with Gasteiger partial charge in [0.15, 0.2) is 0 Å². The van der Waals surface area contributed by atoms with Gasteiger partial charge in [0.2, 0.25) is 0 Å². The van der Waals surface area contributed by atoms with Crippen molar-refractivity contribution in [3.8, 4) is 0 Å². The number of rotatable bonds is 4. The minimum Gasteiger partial charge on any atom is -0.358 e. The summed E-state index contributed by atoms with van der Waals surface area (Å²) in [4.78, 5) is 16.9. The number of aromatic amines is 2. The van der Waals surface area contributed by atoms with E-state index in [-0.39, 0.29) is 12.1 Å². The summed E-state index contributed by atoms with van der Waals surface area (Å²) in [6, 6.07) is 17.6. The summed E-state index contributed by atoms with van der Waals surface area (Å²) in [5, 5.41) is 2.48. The van der Waals surface area contributed by atoms with Crippen molar-refractivity contribution in [2.45, 2.75) is 51.6 Å². The van der Waals surface area contributed by atoms with Crippen molar-refractivity contribution in [1.29, 1.82) is 0 Å². The molecule has 2 aromatic heterocycles. The third-order valence-electron chi connectivity index (χ3n) is 6.15. The van der Waals surface area contributed by atoms with Crippen molar-refractivity contribution in [3.63, 3.8) is 0 Å². The van der Waals surface area contributed by atoms with Gasteiger partial charge in [-0.25, -0.2) is 0 Å². The van der Waals surface area contributed by atoms with E-state index in [2.05, 4.69) is 72.3 Å². The van der Waals surface area contributed by atoms with Crippen LogP contribution in [0.2, 0.25) is 0 Å². The molecule has 1 saturated carbocycles. The van der Waals surface area contributed by atoms with Gasteiger partial charge < -0.3 is 9.97 Å². The molecule has 0 radical (unpaired) electrons. The van der Waals surface area contributed by atoms with Gasteiger partial charge in [-0.1, -0.05) is 49.2 Å². The van der Waals surface area contributed by atoms with Crippen LogP contribution in [0.3, 0.4) is 0 Å². The molecule has 0 amide bonds. The number of hydrogen-bond acceptors (Lipinski definition) is 2. The third kappa shape index (κ3) is 3.70. The molecule has 4 aromatic rings. The Morgan fingerprint density at radius 1 is 0.733 bits per heavy atom. The average Bonchev–Trinajstić information content (AvgIpc) is 3.32. The minimum atomic E-state index is 0.242. The summed E-state index contributed by atoms with van der Waals surface area (Å²) >= 11 is 0. The predicted octanol–water partition coefficient (Wildman–Crippen LogP) is 6.12. The van der Waals surface area contributed by atoms with Crippen molar-refractivity contribution >= 4 is 34.2 Å². The number of fused-ring (bicyclic) bond motifs is 2. The van der Waals surface area contributed by atoms with Crippen LogP contribution in [0.4, 0.5) is 0 Å². The first-order chi connectivity index (χ1) is 14.7. The molecule has 4 heteroatoms. The zero-order valence-corrected chi connectivity index (χ0v) is 17.7. The van der Waals surface area contributed by atoms with Crippen LogP contribution in [0.25, 0.3) is 21.8 Å². The maximum atomic E-state index is 5.01. The monoisotopic (exact) mass is 396 g/mol. The standard InChI is InChI=1S/C26H28N4/c1-17-13-19-7-5-9-21(25(19)29-17)15-27-23-11-3-4-12-24(23)28-16-22-10-6-8-20-14-18(2)30-26(20)22/h5-10,13-16,23-24,29-30H,3-4,11-12H2,1-2H3/t23-,24-/m1/s1. The lowest BCUT2D eigenvalue weighted by Crippen LogP contribution is -2.27. The lowest BCUT2D eigenvalue weighted by Gasteiger charge is -2.25. The van der Waals surface area contributed by atoms with E-state index in [0.717, 1.165) is 24.0 Å². The van der Waals surface area contributed by atoms with E-state index in [1.807, 2.05) is 12.4 Å². The van der Waals surface area contributed by atoms with Crippen LogP contribution < -0.4 is 0 Å². The Hall–Kier alpha value is -3.14. The van der Waals surface area contributed by atoms with Crippen LogP contribution in [-0.4, -0.2) is 34.5 Å². The number of H-pyrrole nitrogens is 2. The molecule has 0 saturated heterocycles. The van der Waals surface area contributed by atoms with Crippen molar-refractivity contribution in [2.75, 3.05) is 0 Å². The van der Waals surface area contributed by atoms with E-state index < -0.39 is 0 Å². The Bertz CT molecular complexity index is 1140. The fourth-order valence-electron chi connectivity index (χ4n) is 4.65. The molecule has 30 heavy (non-hydrogen) atoms. The molecule has 1 aliphatic rings. The highest BCUT2D eigenvalue weighted by Gasteiger charge is 2.23. The first kappa shape index (κ1) is 18.9. The summed E-state index contributed by atoms with van der Waals surface area (Å²) in [6.45, 7) is 4.19. The zero-order chi connectivity index (χ0) is 20.5. The Kier molecular flexibility index (Phi) is 4.99. The van der Waals surface area contributed by atoms with Crippen LogP contribution >= 0.6 is 0 Å². The Morgan fingerprint density at radius 3 is 1.67 bits per heavy atom. The SMILES string of the molecule is Cc1cc2cccc(C=N[C@@H]3CCCC[C@H]3N=Cc3cccc4cc(C)[nH]c34)c2[nH]1.